The zero-order valence-corrected chi connectivity index (χ0v) is 10.1. The highest BCUT2D eigenvalue weighted by molar-refractivity contribution is 5.74. The van der Waals surface area contributed by atoms with E-state index < -0.39 is 0 Å². The smallest absolute Gasteiger partial charge is 0.315 e. The van der Waals surface area contributed by atoms with Crippen molar-refractivity contribution in [1.29, 1.82) is 0 Å². The van der Waals surface area contributed by atoms with E-state index in [4.69, 9.17) is 0 Å². The zero-order chi connectivity index (χ0) is 12.8. The highest BCUT2D eigenvalue weighted by Crippen LogP contribution is 2.09. The molecule has 0 aliphatic rings. The highest BCUT2D eigenvalue weighted by atomic mass is 16.2. The number of hydrogen-bond donors (Lipinski definition) is 3. The molecule has 6 heteroatoms. The van der Waals surface area contributed by atoms with Crippen LogP contribution in [-0.4, -0.2) is 21.2 Å². The van der Waals surface area contributed by atoms with Gasteiger partial charge in [0.15, 0.2) is 0 Å². The molecule has 2 amide bonds. The highest BCUT2D eigenvalue weighted by Gasteiger charge is 2.08. The van der Waals surface area contributed by atoms with Crippen LogP contribution in [0.4, 0.5) is 4.79 Å². The van der Waals surface area contributed by atoms with E-state index in [0.717, 1.165) is 11.3 Å². The van der Waals surface area contributed by atoms with E-state index in [1.54, 1.807) is 18.6 Å². The molecule has 0 aliphatic heterocycles. The molecule has 1 atom stereocenters. The van der Waals surface area contributed by atoms with Gasteiger partial charge in [-0.2, -0.15) is 5.10 Å². The molecule has 1 unspecified atom stereocenters. The van der Waals surface area contributed by atoms with Crippen LogP contribution in [0.1, 0.15) is 24.2 Å². The summed E-state index contributed by atoms with van der Waals surface area (Å²) < 4.78 is 0. The van der Waals surface area contributed by atoms with Crippen molar-refractivity contribution >= 4 is 6.03 Å². The first-order chi connectivity index (χ1) is 8.75. The lowest BCUT2D eigenvalue weighted by Gasteiger charge is -2.14. The van der Waals surface area contributed by atoms with Crippen LogP contribution >= 0.6 is 0 Å². The second-order valence-corrected chi connectivity index (χ2v) is 3.91. The van der Waals surface area contributed by atoms with Crippen molar-refractivity contribution < 1.29 is 4.79 Å². The summed E-state index contributed by atoms with van der Waals surface area (Å²) in [6.07, 6.45) is 5.06. The number of rotatable bonds is 4. The quantitative estimate of drug-likeness (QED) is 0.760. The summed E-state index contributed by atoms with van der Waals surface area (Å²) in [5, 5.41) is 12.2. The molecule has 0 aromatic carbocycles. The van der Waals surface area contributed by atoms with Gasteiger partial charge in [-0.15, -0.1) is 0 Å². The van der Waals surface area contributed by atoms with E-state index in [1.165, 1.54) is 0 Å². The van der Waals surface area contributed by atoms with Crippen molar-refractivity contribution in [2.24, 2.45) is 0 Å². The molecule has 6 nitrogen and oxygen atoms in total. The van der Waals surface area contributed by atoms with E-state index in [1.807, 2.05) is 25.1 Å². The lowest BCUT2D eigenvalue weighted by Crippen LogP contribution is -2.36. The first kappa shape index (κ1) is 12.1. The summed E-state index contributed by atoms with van der Waals surface area (Å²) in [6, 6.07) is 5.29. The van der Waals surface area contributed by atoms with Crippen LogP contribution in [0.5, 0.6) is 0 Å². The maximum Gasteiger partial charge on any atom is 0.315 e. The molecule has 2 aromatic rings. The third kappa shape index (κ3) is 3.31. The topological polar surface area (TPSA) is 82.7 Å². The van der Waals surface area contributed by atoms with Crippen LogP contribution < -0.4 is 10.6 Å². The Kier molecular flexibility index (Phi) is 3.90. The third-order valence-corrected chi connectivity index (χ3v) is 2.55. The monoisotopic (exact) mass is 245 g/mol. The minimum Gasteiger partial charge on any atom is -0.333 e. The average Bonchev–Trinajstić information content (AvgIpc) is 2.90. The fraction of sp³-hybridized carbons (Fsp3) is 0.250. The fourth-order valence-electron chi connectivity index (χ4n) is 1.54. The molecule has 2 aromatic heterocycles. The number of nitrogens with one attached hydrogen (secondary N) is 3. The maximum absolute atomic E-state index is 11.6. The molecule has 0 saturated carbocycles. The van der Waals surface area contributed by atoms with Crippen LogP contribution in [0.15, 0.2) is 36.8 Å². The predicted molar refractivity (Wildman–Crippen MR) is 66.6 cm³/mol. The zero-order valence-electron chi connectivity index (χ0n) is 10.1. The van der Waals surface area contributed by atoms with Crippen molar-refractivity contribution in [3.63, 3.8) is 0 Å². The molecule has 0 saturated heterocycles. The van der Waals surface area contributed by atoms with Crippen molar-refractivity contribution in [1.82, 2.24) is 25.8 Å². The summed E-state index contributed by atoms with van der Waals surface area (Å²) in [5.74, 6) is 0. The molecular weight excluding hydrogens is 230 g/mol. The molecule has 0 spiro atoms. The molecule has 0 bridgehead atoms. The normalized spacial score (nSPS) is 11.8. The van der Waals surface area contributed by atoms with E-state index >= 15 is 0 Å². The number of H-pyrrole nitrogens is 1. The van der Waals surface area contributed by atoms with Gasteiger partial charge < -0.3 is 10.6 Å². The predicted octanol–water partition coefficient (Wildman–Crippen LogP) is 1.37. The van der Waals surface area contributed by atoms with Gasteiger partial charge >= 0.3 is 6.03 Å². The lowest BCUT2D eigenvalue weighted by molar-refractivity contribution is 0.237. The lowest BCUT2D eigenvalue weighted by atomic mass is 10.1. The molecule has 94 valence electrons. The number of hydrogen-bond acceptors (Lipinski definition) is 3. The average molecular weight is 245 g/mol. The second kappa shape index (κ2) is 5.81. The van der Waals surface area contributed by atoms with Gasteiger partial charge in [-0.25, -0.2) is 4.79 Å². The van der Waals surface area contributed by atoms with E-state index in [0.29, 0.717) is 6.54 Å². The molecule has 18 heavy (non-hydrogen) atoms. The Bertz CT molecular complexity index is 482. The van der Waals surface area contributed by atoms with Crippen LogP contribution in [0.3, 0.4) is 0 Å². The standard InChI is InChI=1S/C12H15N5O/c1-9(10-2-5-13-6-3-10)16-12(18)14-8-11-4-7-15-17-11/h2-7,9H,8H2,1H3,(H,15,17)(H2,14,16,18). The molecule has 0 fully saturated rings. The fourth-order valence-corrected chi connectivity index (χ4v) is 1.54. The molecule has 0 aliphatic carbocycles. The van der Waals surface area contributed by atoms with Gasteiger partial charge in [0.1, 0.15) is 0 Å². The van der Waals surface area contributed by atoms with Gasteiger partial charge in [-0.05, 0) is 30.7 Å². The second-order valence-electron chi connectivity index (χ2n) is 3.91. The SMILES string of the molecule is CC(NC(=O)NCc1ccn[nH]1)c1ccncc1. The van der Waals surface area contributed by atoms with Crippen molar-refractivity contribution in [2.45, 2.75) is 19.5 Å². The number of pyridine rings is 1. The largest absolute Gasteiger partial charge is 0.333 e. The summed E-state index contributed by atoms with van der Waals surface area (Å²) in [4.78, 5) is 15.6. The number of aromatic nitrogens is 3. The summed E-state index contributed by atoms with van der Waals surface area (Å²) >= 11 is 0. The minimum atomic E-state index is -0.214. The number of nitrogens with zero attached hydrogens (tertiary/aromatic N) is 2. The number of carbonyl (C=O) groups excluding carboxylic acids is 1. The van der Waals surface area contributed by atoms with Crippen molar-refractivity contribution in [2.75, 3.05) is 0 Å². The summed E-state index contributed by atoms with van der Waals surface area (Å²) in [7, 11) is 0. The Morgan fingerprint density at radius 3 is 2.78 bits per heavy atom. The van der Waals surface area contributed by atoms with Gasteiger partial charge in [-0.3, -0.25) is 10.1 Å². The van der Waals surface area contributed by atoms with E-state index in [2.05, 4.69) is 25.8 Å². The number of amides is 2. The maximum atomic E-state index is 11.6. The first-order valence-electron chi connectivity index (χ1n) is 5.68. The van der Waals surface area contributed by atoms with Gasteiger partial charge in [0.2, 0.25) is 0 Å². The first-order valence-corrected chi connectivity index (χ1v) is 5.68. The Morgan fingerprint density at radius 1 is 1.33 bits per heavy atom. The van der Waals surface area contributed by atoms with Gasteiger partial charge in [0.25, 0.3) is 0 Å². The number of carbonyl (C=O) groups is 1. The molecular formula is C12H15N5O. The Balaban J connectivity index is 1.80. The van der Waals surface area contributed by atoms with Crippen LogP contribution in [0.25, 0.3) is 0 Å². The third-order valence-electron chi connectivity index (χ3n) is 2.55. The van der Waals surface area contributed by atoms with Crippen LogP contribution in [0.2, 0.25) is 0 Å². The van der Waals surface area contributed by atoms with E-state index in [9.17, 15) is 4.79 Å². The molecule has 2 rings (SSSR count). The summed E-state index contributed by atoms with van der Waals surface area (Å²) in [6.45, 7) is 2.35. The molecule has 3 N–H and O–H groups in total. The van der Waals surface area contributed by atoms with Gasteiger partial charge in [0, 0.05) is 18.6 Å². The number of urea groups is 1. The minimum absolute atomic E-state index is 0.0604. The van der Waals surface area contributed by atoms with Crippen LogP contribution in [-0.2, 0) is 6.54 Å². The number of aromatic amines is 1. The summed E-state index contributed by atoms with van der Waals surface area (Å²) in [5.41, 5.74) is 1.88. The van der Waals surface area contributed by atoms with Crippen molar-refractivity contribution in [3.8, 4) is 0 Å². The Labute approximate surface area is 105 Å². The van der Waals surface area contributed by atoms with Gasteiger partial charge in [0.05, 0.1) is 18.3 Å². The molecule has 0 radical (unpaired) electrons. The van der Waals surface area contributed by atoms with Gasteiger partial charge in [-0.1, -0.05) is 0 Å². The van der Waals surface area contributed by atoms with Crippen LogP contribution in [0, 0.1) is 0 Å². The molecule has 2 heterocycles. The Morgan fingerprint density at radius 2 is 2.11 bits per heavy atom. The Hall–Kier alpha value is -2.37. The van der Waals surface area contributed by atoms with E-state index in [-0.39, 0.29) is 12.1 Å². The van der Waals surface area contributed by atoms with Crippen molar-refractivity contribution in [3.05, 3.63) is 48.0 Å².